The van der Waals surface area contributed by atoms with E-state index in [4.69, 9.17) is 0 Å². The van der Waals surface area contributed by atoms with Crippen LogP contribution in [0.1, 0.15) is 23.1 Å². The molecule has 0 radical (unpaired) electrons. The van der Waals surface area contributed by atoms with Crippen LogP contribution in [-0.2, 0) is 24.1 Å². The summed E-state index contributed by atoms with van der Waals surface area (Å²) >= 11 is 0. The van der Waals surface area contributed by atoms with Crippen LogP contribution >= 0.6 is 24.0 Å². The second-order valence-electron chi connectivity index (χ2n) is 7.20. The first-order chi connectivity index (χ1) is 13.2. The number of halogens is 1. The summed E-state index contributed by atoms with van der Waals surface area (Å²) < 4.78 is 0. The van der Waals surface area contributed by atoms with E-state index in [0.717, 1.165) is 36.5 Å². The summed E-state index contributed by atoms with van der Waals surface area (Å²) in [6.45, 7) is 1.31. The zero-order valence-electron chi connectivity index (χ0n) is 16.1. The number of nitrogens with zero attached hydrogens (tertiary/aromatic N) is 2. The third kappa shape index (κ3) is 4.48. The van der Waals surface area contributed by atoms with E-state index >= 15 is 0 Å². The summed E-state index contributed by atoms with van der Waals surface area (Å²) in [6.07, 6.45) is 3.74. The number of para-hydroxylation sites is 1. The lowest BCUT2D eigenvalue weighted by molar-refractivity contribution is -0.117. The van der Waals surface area contributed by atoms with E-state index in [1.54, 1.807) is 7.05 Å². The van der Waals surface area contributed by atoms with Crippen molar-refractivity contribution >= 4 is 41.5 Å². The van der Waals surface area contributed by atoms with Gasteiger partial charge in [-0.1, -0.05) is 42.5 Å². The molecular formula is C22H27IN4O. The van der Waals surface area contributed by atoms with Crippen molar-refractivity contribution in [1.29, 1.82) is 0 Å². The van der Waals surface area contributed by atoms with Gasteiger partial charge in [-0.25, -0.2) is 0 Å². The normalized spacial score (nSPS) is 18.2. The Balaban J connectivity index is 0.00000225. The zero-order chi connectivity index (χ0) is 18.6. The number of hydrogen-bond acceptors (Lipinski definition) is 2. The number of hydrogen-bond donors (Lipinski definition) is 2. The number of amides is 1. The molecule has 2 aromatic carbocycles. The van der Waals surface area contributed by atoms with Gasteiger partial charge in [0, 0.05) is 31.9 Å². The third-order valence-corrected chi connectivity index (χ3v) is 5.46. The molecule has 0 aromatic heterocycles. The number of anilines is 1. The lowest BCUT2D eigenvalue weighted by Gasteiger charge is -2.27. The van der Waals surface area contributed by atoms with Crippen molar-refractivity contribution in [2.24, 2.45) is 4.99 Å². The first kappa shape index (κ1) is 20.6. The standard InChI is InChI=1S/C22H26N4O.HI/c1-23-22(25-19-11-10-16-6-2-3-7-17(16)14-19)24-12-13-26-20-9-5-4-8-18(20)15-21(26)27;/h2-9,19H,10-15H2,1H3,(H2,23,24,25);1H. The Labute approximate surface area is 183 Å². The minimum Gasteiger partial charge on any atom is -0.355 e. The summed E-state index contributed by atoms with van der Waals surface area (Å²) in [5.74, 6) is 0.976. The summed E-state index contributed by atoms with van der Waals surface area (Å²) in [7, 11) is 1.79. The molecule has 2 aliphatic rings. The Morgan fingerprint density at radius 2 is 1.82 bits per heavy atom. The van der Waals surface area contributed by atoms with Crippen LogP contribution in [0, 0.1) is 0 Å². The van der Waals surface area contributed by atoms with Crippen LogP contribution in [0.2, 0.25) is 0 Å². The van der Waals surface area contributed by atoms with Crippen LogP contribution in [0.15, 0.2) is 53.5 Å². The maximum Gasteiger partial charge on any atom is 0.231 e. The predicted octanol–water partition coefficient (Wildman–Crippen LogP) is 2.92. The van der Waals surface area contributed by atoms with Crippen molar-refractivity contribution < 1.29 is 4.79 Å². The second-order valence-corrected chi connectivity index (χ2v) is 7.20. The van der Waals surface area contributed by atoms with Crippen LogP contribution in [0.4, 0.5) is 5.69 Å². The maximum absolute atomic E-state index is 12.3. The summed E-state index contributed by atoms with van der Waals surface area (Å²) in [5, 5.41) is 6.90. The van der Waals surface area contributed by atoms with E-state index in [1.807, 2.05) is 29.2 Å². The Hall–Kier alpha value is -2.09. The average Bonchev–Trinajstić information content (AvgIpc) is 3.02. The molecule has 1 aliphatic carbocycles. The first-order valence-corrected chi connectivity index (χ1v) is 9.67. The molecule has 1 aliphatic heterocycles. The van der Waals surface area contributed by atoms with E-state index in [2.05, 4.69) is 39.9 Å². The molecule has 4 rings (SSSR count). The number of nitrogens with one attached hydrogen (secondary N) is 2. The highest BCUT2D eigenvalue weighted by atomic mass is 127. The molecular weight excluding hydrogens is 463 g/mol. The monoisotopic (exact) mass is 490 g/mol. The van der Waals surface area contributed by atoms with Crippen molar-refractivity contribution in [2.45, 2.75) is 31.7 Å². The number of rotatable bonds is 4. The molecule has 28 heavy (non-hydrogen) atoms. The third-order valence-electron chi connectivity index (χ3n) is 5.46. The van der Waals surface area contributed by atoms with Crippen molar-refractivity contribution in [3.63, 3.8) is 0 Å². The van der Waals surface area contributed by atoms with Gasteiger partial charge in [0.2, 0.25) is 5.91 Å². The number of benzene rings is 2. The number of fused-ring (bicyclic) bond motifs is 2. The molecule has 5 nitrogen and oxygen atoms in total. The molecule has 1 amide bonds. The van der Waals surface area contributed by atoms with Gasteiger partial charge in [0.1, 0.15) is 0 Å². The van der Waals surface area contributed by atoms with Crippen molar-refractivity contribution in [3.8, 4) is 0 Å². The molecule has 1 unspecified atom stereocenters. The number of carbonyl (C=O) groups is 1. The van der Waals surface area contributed by atoms with E-state index < -0.39 is 0 Å². The molecule has 148 valence electrons. The van der Waals surface area contributed by atoms with Crippen molar-refractivity contribution in [2.75, 3.05) is 25.0 Å². The number of aryl methyl sites for hydroxylation is 1. The van der Waals surface area contributed by atoms with Crippen LogP contribution in [-0.4, -0.2) is 38.0 Å². The topological polar surface area (TPSA) is 56.7 Å². The van der Waals surface area contributed by atoms with Gasteiger partial charge in [0.05, 0.1) is 6.42 Å². The maximum atomic E-state index is 12.3. The predicted molar refractivity (Wildman–Crippen MR) is 125 cm³/mol. The molecule has 0 spiro atoms. The molecule has 1 heterocycles. The van der Waals surface area contributed by atoms with Gasteiger partial charge in [0.15, 0.2) is 5.96 Å². The second kappa shape index (κ2) is 9.41. The van der Waals surface area contributed by atoms with Gasteiger partial charge >= 0.3 is 0 Å². The fraction of sp³-hybridized carbons (Fsp3) is 0.364. The van der Waals surface area contributed by atoms with Gasteiger partial charge in [-0.3, -0.25) is 9.79 Å². The van der Waals surface area contributed by atoms with Crippen LogP contribution in [0.3, 0.4) is 0 Å². The van der Waals surface area contributed by atoms with Gasteiger partial charge in [-0.15, -0.1) is 24.0 Å². The summed E-state index contributed by atoms with van der Waals surface area (Å²) in [5.41, 5.74) is 5.04. The number of guanidine groups is 1. The molecule has 2 N–H and O–H groups in total. The van der Waals surface area contributed by atoms with Crippen LogP contribution in [0.5, 0.6) is 0 Å². The fourth-order valence-electron chi connectivity index (χ4n) is 4.06. The minimum absolute atomic E-state index is 0. The van der Waals surface area contributed by atoms with Crippen molar-refractivity contribution in [3.05, 3.63) is 65.2 Å². The van der Waals surface area contributed by atoms with E-state index in [1.165, 1.54) is 11.1 Å². The molecule has 1 atom stereocenters. The Kier molecular flexibility index (Phi) is 6.93. The Morgan fingerprint density at radius 3 is 2.61 bits per heavy atom. The molecule has 0 fully saturated rings. The summed E-state index contributed by atoms with van der Waals surface area (Å²) in [6, 6.07) is 17.1. The number of aliphatic imine (C=N–C) groups is 1. The highest BCUT2D eigenvalue weighted by Crippen LogP contribution is 2.27. The minimum atomic E-state index is 0. The lowest BCUT2D eigenvalue weighted by Crippen LogP contribution is -2.47. The molecule has 2 aromatic rings. The molecule has 6 heteroatoms. The largest absolute Gasteiger partial charge is 0.355 e. The van der Waals surface area contributed by atoms with Crippen LogP contribution < -0.4 is 15.5 Å². The lowest BCUT2D eigenvalue weighted by atomic mass is 9.88. The molecule has 0 bridgehead atoms. The highest BCUT2D eigenvalue weighted by molar-refractivity contribution is 14.0. The quantitative estimate of drug-likeness (QED) is 0.394. The first-order valence-electron chi connectivity index (χ1n) is 9.67. The van der Waals surface area contributed by atoms with E-state index in [0.29, 0.717) is 25.6 Å². The Morgan fingerprint density at radius 1 is 1.11 bits per heavy atom. The van der Waals surface area contributed by atoms with E-state index in [9.17, 15) is 4.79 Å². The molecule has 0 saturated heterocycles. The van der Waals surface area contributed by atoms with Gasteiger partial charge in [-0.05, 0) is 42.0 Å². The molecule has 0 saturated carbocycles. The van der Waals surface area contributed by atoms with Gasteiger partial charge in [-0.2, -0.15) is 0 Å². The van der Waals surface area contributed by atoms with Crippen LogP contribution in [0.25, 0.3) is 0 Å². The highest BCUT2D eigenvalue weighted by Gasteiger charge is 2.26. The summed E-state index contributed by atoms with van der Waals surface area (Å²) in [4.78, 5) is 18.5. The fourth-order valence-corrected chi connectivity index (χ4v) is 4.06. The number of carbonyl (C=O) groups excluding carboxylic acids is 1. The zero-order valence-corrected chi connectivity index (χ0v) is 18.5. The van der Waals surface area contributed by atoms with Gasteiger partial charge < -0.3 is 15.5 Å². The van der Waals surface area contributed by atoms with Crippen molar-refractivity contribution in [1.82, 2.24) is 10.6 Å². The van der Waals surface area contributed by atoms with Gasteiger partial charge in [0.25, 0.3) is 0 Å². The smallest absolute Gasteiger partial charge is 0.231 e. The SMILES string of the molecule is CN=C(NCCN1C(=O)Cc2ccccc21)NC1CCc2ccccc2C1.I. The van der Waals surface area contributed by atoms with E-state index in [-0.39, 0.29) is 29.9 Å². The average molecular weight is 490 g/mol. The Bertz CT molecular complexity index is 867.